The second-order valence-corrected chi connectivity index (χ2v) is 8.04. The van der Waals surface area contributed by atoms with Crippen molar-refractivity contribution in [2.24, 2.45) is 5.92 Å². The zero-order valence-corrected chi connectivity index (χ0v) is 19.6. The molecule has 0 radical (unpaired) electrons. The Morgan fingerprint density at radius 3 is 2.71 bits per heavy atom. The molecule has 3 atom stereocenters. The molecule has 3 aromatic rings. The maximum absolute atomic E-state index is 14.2. The third-order valence-corrected chi connectivity index (χ3v) is 6.02. The summed E-state index contributed by atoms with van der Waals surface area (Å²) >= 11 is 0. The Bertz CT molecular complexity index is 1370. The van der Waals surface area contributed by atoms with Crippen LogP contribution in [0.5, 0.6) is 17.4 Å². The monoisotopic (exact) mass is 473 g/mol. The van der Waals surface area contributed by atoms with Crippen molar-refractivity contribution in [2.45, 2.75) is 25.6 Å². The van der Waals surface area contributed by atoms with Crippen molar-refractivity contribution in [1.82, 2.24) is 10.3 Å². The van der Waals surface area contributed by atoms with Gasteiger partial charge in [0.1, 0.15) is 18.1 Å². The fraction of sp³-hybridized carbons (Fsp3) is 0.296. The Kier molecular flexibility index (Phi) is 7.03. The molecule has 1 N–H and O–H groups in total. The predicted octanol–water partition coefficient (Wildman–Crippen LogP) is 4.44. The van der Waals surface area contributed by atoms with E-state index in [-0.39, 0.29) is 12.5 Å². The minimum atomic E-state index is -1.55. The topological polar surface area (TPSA) is 74.0 Å². The van der Waals surface area contributed by atoms with Gasteiger partial charge in [0, 0.05) is 23.1 Å². The van der Waals surface area contributed by atoms with Crippen molar-refractivity contribution in [3.63, 3.8) is 0 Å². The largest absolute Gasteiger partial charge is 0.508 e. The number of aromatic nitrogens is 1. The van der Waals surface area contributed by atoms with Crippen LogP contribution in [0.2, 0.25) is 0 Å². The van der Waals surface area contributed by atoms with E-state index >= 15 is 0 Å². The number of carbonyl (C=O) groups is 1. The smallest absolute Gasteiger partial charge is 0.255 e. The Balaban J connectivity index is 1.73. The molecule has 7 nitrogen and oxygen atoms in total. The summed E-state index contributed by atoms with van der Waals surface area (Å²) in [5.74, 6) is 6.50. The van der Waals surface area contributed by atoms with Gasteiger partial charge in [0.25, 0.3) is 5.91 Å². The molecule has 1 saturated heterocycles. The molecule has 1 aliphatic rings. The van der Waals surface area contributed by atoms with E-state index in [0.717, 1.165) is 5.56 Å². The molecular weight excluding hydrogens is 449 g/mol. The van der Waals surface area contributed by atoms with Crippen molar-refractivity contribution >= 4 is 22.4 Å². The second kappa shape index (κ2) is 10.3. The van der Waals surface area contributed by atoms with Gasteiger partial charge in [-0.25, -0.2) is 14.2 Å². The van der Waals surface area contributed by atoms with Crippen molar-refractivity contribution in [3.8, 4) is 29.2 Å². The Morgan fingerprint density at radius 1 is 1.17 bits per heavy atom. The number of methoxy groups -OCH3 is 2. The molecule has 8 heteroatoms. The fourth-order valence-electron chi connectivity index (χ4n) is 4.13. The lowest BCUT2D eigenvalue weighted by molar-refractivity contribution is -0.123. The van der Waals surface area contributed by atoms with E-state index in [1.165, 1.54) is 7.11 Å². The Morgan fingerprint density at radius 2 is 2.00 bits per heavy atom. The van der Waals surface area contributed by atoms with Gasteiger partial charge in [0.2, 0.25) is 11.6 Å². The number of hydrogen-bond donors (Lipinski definition) is 1. The Labute approximate surface area is 203 Å². The number of amides is 1. The van der Waals surface area contributed by atoms with Crippen LogP contribution in [0.25, 0.3) is 15.6 Å². The lowest BCUT2D eigenvalue weighted by atomic mass is 9.97. The first kappa shape index (κ1) is 23.8. The number of ether oxygens (including phenoxy) is 3. The molecular formula is C27H24FN3O4. The van der Waals surface area contributed by atoms with Crippen molar-refractivity contribution in [1.29, 1.82) is 0 Å². The molecule has 1 aliphatic heterocycles. The first-order chi connectivity index (χ1) is 17.0. The van der Waals surface area contributed by atoms with Gasteiger partial charge in [-0.15, -0.1) is 0 Å². The summed E-state index contributed by atoms with van der Waals surface area (Å²) in [7, 11) is 3.08. The number of halogens is 1. The number of nitrogens with zero attached hydrogens (tertiary/aromatic N) is 2. The molecule has 2 aromatic carbocycles. The van der Waals surface area contributed by atoms with Gasteiger partial charge in [-0.1, -0.05) is 24.8 Å². The zero-order valence-electron chi connectivity index (χ0n) is 19.6. The van der Waals surface area contributed by atoms with Crippen molar-refractivity contribution in [2.75, 3.05) is 20.8 Å². The third kappa shape index (κ3) is 4.83. The number of nitrogens with one attached hydrogen (secondary N) is 1. The summed E-state index contributed by atoms with van der Waals surface area (Å²) in [6, 6.07) is 10.3. The number of rotatable bonds is 6. The number of alkyl halides is 1. The normalized spacial score (nSPS) is 18.8. The third-order valence-electron chi connectivity index (χ3n) is 6.02. The van der Waals surface area contributed by atoms with Gasteiger partial charge in [-0.3, -0.25) is 4.79 Å². The molecule has 1 aromatic heterocycles. The van der Waals surface area contributed by atoms with Gasteiger partial charge < -0.3 is 19.5 Å². The van der Waals surface area contributed by atoms with E-state index in [0.29, 0.717) is 39.9 Å². The predicted molar refractivity (Wildman–Crippen MR) is 130 cm³/mol. The highest BCUT2D eigenvalue weighted by Crippen LogP contribution is 2.37. The standard InChI is InChI=1S/C27H24FN3O4/c1-5-19-23(31-26(32)25(19)28)15-35-27-21-13-24(34-4)22(29-2)12-20(21)17(14-30-27)10-9-16-7-6-8-18(11-16)33-3/h6-8,11-14,19,23,25H,5,15H2,1,3-4H3,(H,31,32)/t19-,23+,25-/m0/s1. The van der Waals surface area contributed by atoms with Gasteiger partial charge in [0.15, 0.2) is 6.17 Å². The molecule has 1 fully saturated rings. The molecule has 0 saturated carbocycles. The highest BCUT2D eigenvalue weighted by Gasteiger charge is 2.41. The average Bonchev–Trinajstić information content (AvgIpc) is 3.17. The SMILES string of the molecule is [C-]#[N+]c1cc2c(C#Cc3cccc(OC)c3)cnc(OC[C@H]3NC(=O)[C@@H](F)[C@H]3CC)c2cc1OC. The van der Waals surface area contributed by atoms with Crippen LogP contribution in [-0.4, -0.2) is 43.9 Å². The highest BCUT2D eigenvalue weighted by molar-refractivity contribution is 5.96. The summed E-state index contributed by atoms with van der Waals surface area (Å²) in [6.07, 6.45) is 0.533. The summed E-state index contributed by atoms with van der Waals surface area (Å²) in [5.41, 5.74) is 1.70. The van der Waals surface area contributed by atoms with E-state index < -0.39 is 24.0 Å². The molecule has 2 heterocycles. The van der Waals surface area contributed by atoms with Crippen LogP contribution in [0, 0.1) is 24.3 Å². The summed E-state index contributed by atoms with van der Waals surface area (Å²) in [4.78, 5) is 19.8. The van der Waals surface area contributed by atoms with Crippen LogP contribution in [0.1, 0.15) is 24.5 Å². The minimum absolute atomic E-state index is 0.0640. The van der Waals surface area contributed by atoms with E-state index in [1.54, 1.807) is 25.4 Å². The van der Waals surface area contributed by atoms with Gasteiger partial charge in [0.05, 0.1) is 32.4 Å². The van der Waals surface area contributed by atoms with E-state index in [1.807, 2.05) is 31.2 Å². The highest BCUT2D eigenvalue weighted by atomic mass is 19.1. The molecule has 0 aliphatic carbocycles. The van der Waals surface area contributed by atoms with Crippen LogP contribution in [0.3, 0.4) is 0 Å². The molecule has 178 valence electrons. The second-order valence-electron chi connectivity index (χ2n) is 8.04. The average molecular weight is 474 g/mol. The number of hydrogen-bond acceptors (Lipinski definition) is 5. The van der Waals surface area contributed by atoms with Crippen LogP contribution < -0.4 is 19.5 Å². The maximum atomic E-state index is 14.2. The number of fused-ring (bicyclic) bond motifs is 1. The first-order valence-electron chi connectivity index (χ1n) is 11.1. The number of pyridine rings is 1. The lowest BCUT2D eigenvalue weighted by Crippen LogP contribution is -2.34. The van der Waals surface area contributed by atoms with Gasteiger partial charge in [-0.05, 0) is 42.1 Å². The molecule has 0 spiro atoms. The van der Waals surface area contributed by atoms with E-state index in [4.69, 9.17) is 20.8 Å². The first-order valence-corrected chi connectivity index (χ1v) is 11.1. The lowest BCUT2D eigenvalue weighted by Gasteiger charge is -2.19. The summed E-state index contributed by atoms with van der Waals surface area (Å²) < 4.78 is 30.8. The van der Waals surface area contributed by atoms with Crippen LogP contribution >= 0.6 is 0 Å². The fourth-order valence-corrected chi connectivity index (χ4v) is 4.13. The van der Waals surface area contributed by atoms with Crippen LogP contribution in [-0.2, 0) is 4.79 Å². The zero-order chi connectivity index (χ0) is 24.9. The van der Waals surface area contributed by atoms with Crippen molar-refractivity contribution < 1.29 is 23.4 Å². The molecule has 0 bridgehead atoms. The quantitative estimate of drug-likeness (QED) is 0.423. The van der Waals surface area contributed by atoms with Crippen LogP contribution in [0.4, 0.5) is 10.1 Å². The van der Waals surface area contributed by atoms with E-state index in [2.05, 4.69) is 27.0 Å². The molecule has 35 heavy (non-hydrogen) atoms. The molecule has 0 unspecified atom stereocenters. The van der Waals surface area contributed by atoms with E-state index in [9.17, 15) is 9.18 Å². The molecule has 1 amide bonds. The van der Waals surface area contributed by atoms with Gasteiger partial charge >= 0.3 is 0 Å². The maximum Gasteiger partial charge on any atom is 0.255 e. The van der Waals surface area contributed by atoms with Crippen LogP contribution in [0.15, 0.2) is 42.6 Å². The summed E-state index contributed by atoms with van der Waals surface area (Å²) in [6.45, 7) is 9.42. The summed E-state index contributed by atoms with van der Waals surface area (Å²) in [5, 5.41) is 3.93. The number of benzene rings is 2. The Hall–Kier alpha value is -4.30. The van der Waals surface area contributed by atoms with Gasteiger partial charge in [-0.2, -0.15) is 0 Å². The molecule has 4 rings (SSSR count). The number of carbonyl (C=O) groups excluding carboxylic acids is 1. The minimum Gasteiger partial charge on any atom is -0.508 e. The van der Waals surface area contributed by atoms with Crippen molar-refractivity contribution in [3.05, 3.63) is 65.1 Å².